The fourth-order valence-electron chi connectivity index (χ4n) is 1.40. The molecule has 0 spiro atoms. The molecule has 1 unspecified atom stereocenters. The molecule has 1 aliphatic rings. The second-order valence-electron chi connectivity index (χ2n) is 3.08. The molecule has 0 aromatic heterocycles. The highest BCUT2D eigenvalue weighted by atomic mass is 16.5. The number of ether oxygens (including phenoxy) is 1. The predicted molar refractivity (Wildman–Crippen MR) is 45.9 cm³/mol. The molecule has 1 atom stereocenters. The zero-order valence-corrected chi connectivity index (χ0v) is 7.67. The molecule has 0 bridgehead atoms. The number of methoxy groups -OCH3 is 1. The van der Waals surface area contributed by atoms with Crippen molar-refractivity contribution in [1.82, 2.24) is 10.2 Å². The summed E-state index contributed by atoms with van der Waals surface area (Å²) >= 11 is 0. The number of hydrogen-bond donors (Lipinski definition) is 1. The van der Waals surface area contributed by atoms with Crippen molar-refractivity contribution >= 4 is 5.97 Å². The predicted octanol–water partition coefficient (Wildman–Crippen LogP) is -0.547. The quantitative estimate of drug-likeness (QED) is 0.539. The van der Waals surface area contributed by atoms with E-state index in [0.29, 0.717) is 6.54 Å². The Balaban J connectivity index is 2.52. The van der Waals surface area contributed by atoms with Crippen molar-refractivity contribution in [3.63, 3.8) is 0 Å². The van der Waals surface area contributed by atoms with Crippen molar-refractivity contribution in [2.24, 2.45) is 0 Å². The van der Waals surface area contributed by atoms with Gasteiger partial charge < -0.3 is 10.1 Å². The average Bonchev–Trinajstić information content (AvgIpc) is 2.28. The Morgan fingerprint density at radius 3 is 3.08 bits per heavy atom. The van der Waals surface area contributed by atoms with Gasteiger partial charge in [0.05, 0.1) is 7.11 Å². The average molecular weight is 172 g/mol. The summed E-state index contributed by atoms with van der Waals surface area (Å²) in [6.07, 6.45) is 1.09. The number of nitrogens with one attached hydrogen (secondary N) is 1. The van der Waals surface area contributed by atoms with E-state index in [1.807, 2.05) is 11.9 Å². The molecule has 0 radical (unpaired) electrons. The molecule has 12 heavy (non-hydrogen) atoms. The molecule has 1 fully saturated rings. The highest BCUT2D eigenvalue weighted by Crippen LogP contribution is 2.02. The maximum absolute atomic E-state index is 11.2. The van der Waals surface area contributed by atoms with E-state index < -0.39 is 0 Å². The van der Waals surface area contributed by atoms with E-state index in [0.717, 1.165) is 19.5 Å². The highest BCUT2D eigenvalue weighted by Gasteiger charge is 2.24. The molecule has 1 heterocycles. The van der Waals surface area contributed by atoms with Gasteiger partial charge in [-0.1, -0.05) is 0 Å². The standard InChI is InChI=1S/C8H16N2O2/c1-10-5-3-4-9-6-7(10)8(11)12-2/h7,9H,3-6H2,1-2H3. The summed E-state index contributed by atoms with van der Waals surface area (Å²) in [5.41, 5.74) is 0. The van der Waals surface area contributed by atoms with E-state index >= 15 is 0 Å². The van der Waals surface area contributed by atoms with Crippen molar-refractivity contribution in [3.8, 4) is 0 Å². The van der Waals surface area contributed by atoms with Crippen LogP contribution in [0.3, 0.4) is 0 Å². The van der Waals surface area contributed by atoms with Crippen LogP contribution in [0.2, 0.25) is 0 Å². The van der Waals surface area contributed by atoms with Crippen LogP contribution >= 0.6 is 0 Å². The topological polar surface area (TPSA) is 41.6 Å². The highest BCUT2D eigenvalue weighted by molar-refractivity contribution is 5.75. The summed E-state index contributed by atoms with van der Waals surface area (Å²) in [6.45, 7) is 2.63. The Labute approximate surface area is 72.9 Å². The van der Waals surface area contributed by atoms with Gasteiger partial charge >= 0.3 is 5.97 Å². The minimum absolute atomic E-state index is 0.113. The normalized spacial score (nSPS) is 26.3. The van der Waals surface area contributed by atoms with Crippen LogP contribution < -0.4 is 5.32 Å². The van der Waals surface area contributed by atoms with E-state index in [-0.39, 0.29) is 12.0 Å². The molecule has 1 aliphatic heterocycles. The van der Waals surface area contributed by atoms with Crippen LogP contribution in [0.25, 0.3) is 0 Å². The molecule has 0 aromatic rings. The lowest BCUT2D eigenvalue weighted by Gasteiger charge is -2.22. The summed E-state index contributed by atoms with van der Waals surface area (Å²) in [7, 11) is 3.38. The molecule has 0 amide bonds. The molecule has 0 aliphatic carbocycles. The van der Waals surface area contributed by atoms with Gasteiger partial charge in [-0.3, -0.25) is 9.69 Å². The number of likely N-dealkylation sites (N-methyl/N-ethyl adjacent to an activating group) is 1. The van der Waals surface area contributed by atoms with Gasteiger partial charge in [-0.2, -0.15) is 0 Å². The maximum atomic E-state index is 11.2. The Morgan fingerprint density at radius 2 is 2.42 bits per heavy atom. The number of carbonyl (C=O) groups excluding carboxylic acids is 1. The molecule has 0 aromatic carbocycles. The first kappa shape index (κ1) is 9.48. The minimum atomic E-state index is -0.146. The third-order valence-corrected chi connectivity index (χ3v) is 2.21. The molecular formula is C8H16N2O2. The lowest BCUT2D eigenvalue weighted by Crippen LogP contribution is -2.43. The van der Waals surface area contributed by atoms with E-state index in [4.69, 9.17) is 4.74 Å². The van der Waals surface area contributed by atoms with Crippen LogP contribution in [-0.4, -0.2) is 50.7 Å². The van der Waals surface area contributed by atoms with Crippen molar-refractivity contribution in [3.05, 3.63) is 0 Å². The van der Waals surface area contributed by atoms with E-state index in [1.165, 1.54) is 7.11 Å². The van der Waals surface area contributed by atoms with Crippen LogP contribution in [0.1, 0.15) is 6.42 Å². The van der Waals surface area contributed by atoms with Gasteiger partial charge in [0.15, 0.2) is 0 Å². The van der Waals surface area contributed by atoms with Gasteiger partial charge in [0.1, 0.15) is 6.04 Å². The van der Waals surface area contributed by atoms with E-state index in [1.54, 1.807) is 0 Å². The third-order valence-electron chi connectivity index (χ3n) is 2.21. The number of nitrogens with zero attached hydrogens (tertiary/aromatic N) is 1. The largest absolute Gasteiger partial charge is 0.468 e. The van der Waals surface area contributed by atoms with E-state index in [9.17, 15) is 4.79 Å². The summed E-state index contributed by atoms with van der Waals surface area (Å²) < 4.78 is 4.70. The Kier molecular flexibility index (Phi) is 3.49. The number of carbonyl (C=O) groups is 1. The lowest BCUT2D eigenvalue weighted by molar-refractivity contribution is -0.146. The van der Waals surface area contributed by atoms with Crippen molar-refractivity contribution in [2.75, 3.05) is 33.8 Å². The zero-order chi connectivity index (χ0) is 8.97. The summed E-state index contributed by atoms with van der Waals surface area (Å²) in [6, 6.07) is -0.113. The number of hydrogen-bond acceptors (Lipinski definition) is 4. The van der Waals surface area contributed by atoms with Crippen LogP contribution in [0.4, 0.5) is 0 Å². The summed E-state index contributed by atoms with van der Waals surface area (Å²) in [5.74, 6) is -0.146. The lowest BCUT2D eigenvalue weighted by atomic mass is 10.2. The summed E-state index contributed by atoms with van der Waals surface area (Å²) in [5, 5.41) is 3.20. The Morgan fingerprint density at radius 1 is 1.67 bits per heavy atom. The van der Waals surface area contributed by atoms with Gasteiger partial charge in [-0.15, -0.1) is 0 Å². The molecule has 4 nitrogen and oxygen atoms in total. The first-order valence-corrected chi connectivity index (χ1v) is 4.24. The van der Waals surface area contributed by atoms with Crippen LogP contribution in [0.15, 0.2) is 0 Å². The van der Waals surface area contributed by atoms with Gasteiger partial charge in [0, 0.05) is 6.54 Å². The Hall–Kier alpha value is -0.610. The molecule has 1 rings (SSSR count). The summed E-state index contributed by atoms with van der Waals surface area (Å²) in [4.78, 5) is 13.3. The van der Waals surface area contributed by atoms with Crippen LogP contribution in [-0.2, 0) is 9.53 Å². The zero-order valence-electron chi connectivity index (χ0n) is 7.67. The first-order valence-electron chi connectivity index (χ1n) is 4.24. The molecule has 4 heteroatoms. The second kappa shape index (κ2) is 4.42. The number of esters is 1. The molecule has 1 saturated heterocycles. The van der Waals surface area contributed by atoms with Crippen LogP contribution in [0.5, 0.6) is 0 Å². The van der Waals surface area contributed by atoms with Crippen LogP contribution in [0, 0.1) is 0 Å². The first-order chi connectivity index (χ1) is 5.75. The maximum Gasteiger partial charge on any atom is 0.324 e. The fourth-order valence-corrected chi connectivity index (χ4v) is 1.40. The van der Waals surface area contributed by atoms with Crippen molar-refractivity contribution in [1.29, 1.82) is 0 Å². The fraction of sp³-hybridized carbons (Fsp3) is 0.875. The van der Waals surface area contributed by atoms with Gasteiger partial charge in [-0.05, 0) is 26.6 Å². The third kappa shape index (κ3) is 2.19. The van der Waals surface area contributed by atoms with Gasteiger partial charge in [0.25, 0.3) is 0 Å². The second-order valence-corrected chi connectivity index (χ2v) is 3.08. The van der Waals surface area contributed by atoms with Gasteiger partial charge in [0.2, 0.25) is 0 Å². The van der Waals surface area contributed by atoms with Crippen molar-refractivity contribution < 1.29 is 9.53 Å². The number of rotatable bonds is 1. The van der Waals surface area contributed by atoms with E-state index in [2.05, 4.69) is 5.32 Å². The smallest absolute Gasteiger partial charge is 0.324 e. The molecule has 70 valence electrons. The Bertz CT molecular complexity index is 161. The molecule has 0 saturated carbocycles. The molecule has 1 N–H and O–H groups in total. The van der Waals surface area contributed by atoms with Gasteiger partial charge in [-0.25, -0.2) is 0 Å². The SMILES string of the molecule is COC(=O)C1CNCCCN1C. The molecular weight excluding hydrogens is 156 g/mol. The van der Waals surface area contributed by atoms with Crippen molar-refractivity contribution in [2.45, 2.75) is 12.5 Å². The monoisotopic (exact) mass is 172 g/mol. The minimum Gasteiger partial charge on any atom is -0.468 e.